The maximum absolute atomic E-state index is 9.01. The molecule has 4 nitrogen and oxygen atoms in total. The minimum Gasteiger partial charge on any atom is -0.460 e. The standard InChI is InChI=1S/C21H21N3O/c1-15-10-21(25-16(2)19(15)11-18(13-22)14-23)20(24(3)4)12-17-8-6-5-7-9-17/h5-10,12,18H,1,11H2,2-4H3. The summed E-state index contributed by atoms with van der Waals surface area (Å²) in [7, 11) is 3.91. The van der Waals surface area contributed by atoms with Crippen LogP contribution in [0, 0.1) is 28.6 Å². The highest BCUT2D eigenvalue weighted by Gasteiger charge is 2.22. The Morgan fingerprint density at radius 2 is 1.88 bits per heavy atom. The minimum absolute atomic E-state index is 0.321. The number of allylic oxidation sites excluding steroid dienone is 4. The molecular formula is C21H21N3O. The Morgan fingerprint density at radius 1 is 1.24 bits per heavy atom. The Balaban J connectivity index is 2.32. The van der Waals surface area contributed by atoms with Gasteiger partial charge in [-0.05, 0) is 35.8 Å². The quantitative estimate of drug-likeness (QED) is 0.803. The topological polar surface area (TPSA) is 60.0 Å². The molecule has 0 N–H and O–H groups in total. The van der Waals surface area contributed by atoms with Crippen molar-refractivity contribution in [2.45, 2.75) is 13.3 Å². The molecule has 0 unspecified atom stereocenters. The fourth-order valence-corrected chi connectivity index (χ4v) is 2.58. The molecule has 0 spiro atoms. The van der Waals surface area contributed by atoms with Crippen LogP contribution in [-0.4, -0.2) is 19.0 Å². The molecule has 1 aliphatic rings. The zero-order chi connectivity index (χ0) is 18.4. The predicted molar refractivity (Wildman–Crippen MR) is 98.4 cm³/mol. The van der Waals surface area contributed by atoms with Crippen LogP contribution in [0.3, 0.4) is 0 Å². The first-order valence-electron chi connectivity index (χ1n) is 7.98. The summed E-state index contributed by atoms with van der Waals surface area (Å²) in [5.74, 6) is 0.679. The van der Waals surface area contributed by atoms with Gasteiger partial charge in [-0.3, -0.25) is 0 Å². The normalized spacial score (nSPS) is 14.6. The molecule has 126 valence electrons. The summed E-state index contributed by atoms with van der Waals surface area (Å²) in [5.41, 5.74) is 3.58. The Hall–Kier alpha value is -3.24. The molecule has 0 aromatic heterocycles. The Morgan fingerprint density at radius 3 is 2.40 bits per heavy atom. The van der Waals surface area contributed by atoms with E-state index in [1.165, 1.54) is 0 Å². The lowest BCUT2D eigenvalue weighted by atomic mass is 9.93. The van der Waals surface area contributed by atoms with E-state index in [1.54, 1.807) is 0 Å². The largest absolute Gasteiger partial charge is 0.460 e. The number of benzene rings is 1. The molecule has 4 heteroatoms. The van der Waals surface area contributed by atoms with Crippen LogP contribution in [0.5, 0.6) is 0 Å². The van der Waals surface area contributed by atoms with Gasteiger partial charge in [-0.15, -0.1) is 0 Å². The van der Waals surface area contributed by atoms with E-state index in [1.807, 2.05) is 80.5 Å². The number of likely N-dealkylation sites (N-methyl/N-ethyl adjacent to an activating group) is 1. The van der Waals surface area contributed by atoms with E-state index in [-0.39, 0.29) is 0 Å². The first kappa shape index (κ1) is 18.1. The van der Waals surface area contributed by atoms with Crippen LogP contribution < -0.4 is 0 Å². The summed E-state index contributed by atoms with van der Waals surface area (Å²) in [6, 6.07) is 14.0. The highest BCUT2D eigenvalue weighted by atomic mass is 16.5. The maximum Gasteiger partial charge on any atom is 0.150 e. The Kier molecular flexibility index (Phi) is 5.82. The summed E-state index contributed by atoms with van der Waals surface area (Å²) in [4.78, 5) is 1.98. The smallest absolute Gasteiger partial charge is 0.150 e. The molecular weight excluding hydrogens is 310 g/mol. The molecule has 0 saturated heterocycles. The van der Waals surface area contributed by atoms with Gasteiger partial charge in [-0.1, -0.05) is 36.9 Å². The molecule has 0 fully saturated rings. The third kappa shape index (κ3) is 4.40. The Labute approximate surface area is 149 Å². The van der Waals surface area contributed by atoms with Crippen molar-refractivity contribution in [2.75, 3.05) is 14.1 Å². The van der Waals surface area contributed by atoms with Gasteiger partial charge >= 0.3 is 0 Å². The van der Waals surface area contributed by atoms with Gasteiger partial charge in [0.1, 0.15) is 11.7 Å². The van der Waals surface area contributed by atoms with Gasteiger partial charge in [-0.2, -0.15) is 10.5 Å². The summed E-state index contributed by atoms with van der Waals surface area (Å²) in [6.07, 6.45) is 4.23. The number of ether oxygens (including phenoxy) is 1. The lowest BCUT2D eigenvalue weighted by Crippen LogP contribution is -2.17. The van der Waals surface area contributed by atoms with E-state index in [2.05, 4.69) is 6.58 Å². The average Bonchev–Trinajstić information content (AvgIpc) is 2.60. The third-order valence-electron chi connectivity index (χ3n) is 3.94. The van der Waals surface area contributed by atoms with Crippen LogP contribution in [0.25, 0.3) is 6.08 Å². The molecule has 25 heavy (non-hydrogen) atoms. The van der Waals surface area contributed by atoms with Gasteiger partial charge in [0, 0.05) is 20.5 Å². The molecule has 0 saturated carbocycles. The van der Waals surface area contributed by atoms with Crippen LogP contribution in [0.4, 0.5) is 0 Å². The zero-order valence-electron chi connectivity index (χ0n) is 14.8. The van der Waals surface area contributed by atoms with E-state index in [4.69, 9.17) is 15.3 Å². The number of rotatable bonds is 5. The van der Waals surface area contributed by atoms with E-state index in [0.29, 0.717) is 17.9 Å². The molecule has 2 rings (SSSR count). The lowest BCUT2D eigenvalue weighted by molar-refractivity contribution is 0.284. The predicted octanol–water partition coefficient (Wildman–Crippen LogP) is 4.39. The molecule has 1 aliphatic heterocycles. The van der Waals surface area contributed by atoms with Crippen LogP contribution in [-0.2, 0) is 4.74 Å². The Bertz CT molecular complexity index is 816. The van der Waals surface area contributed by atoms with Crippen LogP contribution in [0.15, 0.2) is 71.3 Å². The van der Waals surface area contributed by atoms with Gasteiger partial charge in [0.25, 0.3) is 0 Å². The van der Waals surface area contributed by atoms with Crippen molar-refractivity contribution < 1.29 is 4.74 Å². The van der Waals surface area contributed by atoms with E-state index in [9.17, 15) is 0 Å². The van der Waals surface area contributed by atoms with Crippen LogP contribution in [0.1, 0.15) is 18.9 Å². The first-order chi connectivity index (χ1) is 12.0. The molecule has 1 aromatic rings. The van der Waals surface area contributed by atoms with Crippen LogP contribution >= 0.6 is 0 Å². The van der Waals surface area contributed by atoms with Crippen molar-refractivity contribution >= 4 is 6.08 Å². The van der Waals surface area contributed by atoms with Crippen molar-refractivity contribution in [1.82, 2.24) is 4.90 Å². The fourth-order valence-electron chi connectivity index (χ4n) is 2.58. The molecule has 0 amide bonds. The van der Waals surface area contributed by atoms with Gasteiger partial charge in [0.2, 0.25) is 0 Å². The third-order valence-corrected chi connectivity index (χ3v) is 3.94. The van der Waals surface area contributed by atoms with Crippen molar-refractivity contribution in [1.29, 1.82) is 10.5 Å². The number of nitriles is 2. The highest BCUT2D eigenvalue weighted by Crippen LogP contribution is 2.33. The second kappa shape index (κ2) is 8.04. The summed E-state index contributed by atoms with van der Waals surface area (Å²) in [5, 5.41) is 18.0. The minimum atomic E-state index is -0.701. The molecule has 0 bridgehead atoms. The molecule has 0 radical (unpaired) electrons. The summed E-state index contributed by atoms with van der Waals surface area (Å²) >= 11 is 0. The van der Waals surface area contributed by atoms with Crippen molar-refractivity contribution in [3.63, 3.8) is 0 Å². The average molecular weight is 331 g/mol. The van der Waals surface area contributed by atoms with Crippen LogP contribution in [0.2, 0.25) is 0 Å². The van der Waals surface area contributed by atoms with E-state index < -0.39 is 5.92 Å². The van der Waals surface area contributed by atoms with E-state index in [0.717, 1.165) is 22.4 Å². The van der Waals surface area contributed by atoms with Crippen molar-refractivity contribution in [3.05, 3.63) is 76.9 Å². The number of hydrogen-bond acceptors (Lipinski definition) is 4. The molecule has 1 heterocycles. The van der Waals surface area contributed by atoms with Crippen molar-refractivity contribution in [2.24, 2.45) is 5.92 Å². The van der Waals surface area contributed by atoms with E-state index >= 15 is 0 Å². The second-order valence-electron chi connectivity index (χ2n) is 6.02. The second-order valence-corrected chi connectivity index (χ2v) is 6.02. The molecule has 0 aliphatic carbocycles. The van der Waals surface area contributed by atoms with Gasteiger partial charge in [0.05, 0.1) is 17.8 Å². The lowest BCUT2D eigenvalue weighted by Gasteiger charge is -2.26. The fraction of sp³-hybridized carbons (Fsp3) is 0.238. The van der Waals surface area contributed by atoms with Crippen molar-refractivity contribution in [3.8, 4) is 12.1 Å². The number of hydrogen-bond donors (Lipinski definition) is 0. The summed E-state index contributed by atoms with van der Waals surface area (Å²) in [6.45, 7) is 5.93. The summed E-state index contributed by atoms with van der Waals surface area (Å²) < 4.78 is 6.01. The SMILES string of the molecule is C=C1C=C(C(=Cc2ccccc2)N(C)C)OC(C)=C1CC(C#N)C#N. The number of nitrogens with zero attached hydrogens (tertiary/aromatic N) is 3. The zero-order valence-corrected chi connectivity index (χ0v) is 14.8. The molecule has 1 aromatic carbocycles. The molecule has 0 atom stereocenters. The van der Waals surface area contributed by atoms with Gasteiger partial charge < -0.3 is 9.64 Å². The monoisotopic (exact) mass is 331 g/mol. The first-order valence-corrected chi connectivity index (χ1v) is 7.98. The van der Waals surface area contributed by atoms with Gasteiger partial charge in [0.15, 0.2) is 5.76 Å². The maximum atomic E-state index is 9.01. The highest BCUT2D eigenvalue weighted by molar-refractivity contribution is 5.59. The van der Waals surface area contributed by atoms with Gasteiger partial charge in [-0.25, -0.2) is 0 Å².